The number of benzene rings is 2. The van der Waals surface area contributed by atoms with Crippen molar-refractivity contribution in [1.29, 1.82) is 0 Å². The van der Waals surface area contributed by atoms with E-state index < -0.39 is 12.1 Å². The molecule has 0 aliphatic heterocycles. The standard InChI is InChI=1S/C25H22N2O5/c1-30-25(29)21-9-5-8-20(27-21)23-16-26-24(32-23)15-14-22(28)17-10-12-19(13-11-17)31-18-6-3-2-4-7-18/h2-13,16,22,28H,14-15H2,1H3. The lowest BCUT2D eigenvalue weighted by atomic mass is 10.0. The maximum Gasteiger partial charge on any atom is 0.356 e. The van der Waals surface area contributed by atoms with Gasteiger partial charge in [0, 0.05) is 6.42 Å². The number of esters is 1. The number of hydrogen-bond donors (Lipinski definition) is 1. The highest BCUT2D eigenvalue weighted by atomic mass is 16.5. The summed E-state index contributed by atoms with van der Waals surface area (Å²) in [5.41, 5.74) is 1.46. The molecule has 32 heavy (non-hydrogen) atoms. The fourth-order valence-corrected chi connectivity index (χ4v) is 3.14. The first kappa shape index (κ1) is 21.3. The van der Waals surface area contributed by atoms with Gasteiger partial charge in [-0.3, -0.25) is 0 Å². The quantitative estimate of drug-likeness (QED) is 0.394. The zero-order chi connectivity index (χ0) is 22.3. The molecule has 1 atom stereocenters. The average Bonchev–Trinajstić information content (AvgIpc) is 3.32. The number of nitrogens with zero attached hydrogens (tertiary/aromatic N) is 2. The van der Waals surface area contributed by atoms with Gasteiger partial charge in [0.05, 0.1) is 19.4 Å². The van der Waals surface area contributed by atoms with E-state index in [1.807, 2.05) is 54.6 Å². The summed E-state index contributed by atoms with van der Waals surface area (Å²) in [5.74, 6) is 1.86. The van der Waals surface area contributed by atoms with E-state index in [4.69, 9.17) is 13.9 Å². The molecule has 2 aromatic carbocycles. The number of pyridine rings is 1. The van der Waals surface area contributed by atoms with Crippen LogP contribution in [0.3, 0.4) is 0 Å². The smallest absolute Gasteiger partial charge is 0.356 e. The Morgan fingerprint density at radius 3 is 2.50 bits per heavy atom. The van der Waals surface area contributed by atoms with E-state index >= 15 is 0 Å². The van der Waals surface area contributed by atoms with Gasteiger partial charge in [-0.1, -0.05) is 36.4 Å². The topological polar surface area (TPSA) is 94.7 Å². The average molecular weight is 430 g/mol. The minimum atomic E-state index is -0.670. The van der Waals surface area contributed by atoms with Gasteiger partial charge in [0.2, 0.25) is 0 Å². The van der Waals surface area contributed by atoms with E-state index in [-0.39, 0.29) is 5.69 Å². The van der Waals surface area contributed by atoms with Gasteiger partial charge in [-0.15, -0.1) is 0 Å². The number of ether oxygens (including phenoxy) is 2. The molecule has 0 saturated heterocycles. The first-order valence-corrected chi connectivity index (χ1v) is 10.1. The third kappa shape index (κ3) is 5.19. The van der Waals surface area contributed by atoms with Crippen LogP contribution in [0, 0.1) is 0 Å². The first-order valence-electron chi connectivity index (χ1n) is 10.1. The van der Waals surface area contributed by atoms with Gasteiger partial charge < -0.3 is 19.0 Å². The van der Waals surface area contributed by atoms with Crippen LogP contribution in [-0.2, 0) is 11.2 Å². The van der Waals surface area contributed by atoms with Crippen molar-refractivity contribution in [3.05, 3.63) is 96.1 Å². The molecule has 4 rings (SSSR count). The fraction of sp³-hybridized carbons (Fsp3) is 0.160. The van der Waals surface area contributed by atoms with Crippen molar-refractivity contribution in [2.75, 3.05) is 7.11 Å². The molecule has 1 unspecified atom stereocenters. The fourth-order valence-electron chi connectivity index (χ4n) is 3.14. The lowest BCUT2D eigenvalue weighted by Gasteiger charge is -2.11. The van der Waals surface area contributed by atoms with E-state index in [0.29, 0.717) is 35.9 Å². The second-order valence-corrected chi connectivity index (χ2v) is 7.06. The number of carbonyl (C=O) groups excluding carboxylic acids is 1. The number of para-hydroxylation sites is 1. The summed E-state index contributed by atoms with van der Waals surface area (Å²) >= 11 is 0. The van der Waals surface area contributed by atoms with Gasteiger partial charge in [-0.25, -0.2) is 14.8 Å². The molecule has 0 aliphatic carbocycles. The third-order valence-electron chi connectivity index (χ3n) is 4.83. The lowest BCUT2D eigenvalue weighted by molar-refractivity contribution is 0.0594. The Kier molecular flexibility index (Phi) is 6.57. The molecule has 0 fully saturated rings. The highest BCUT2D eigenvalue weighted by Gasteiger charge is 2.14. The second kappa shape index (κ2) is 9.89. The van der Waals surface area contributed by atoms with Crippen molar-refractivity contribution >= 4 is 5.97 Å². The van der Waals surface area contributed by atoms with Crippen LogP contribution in [0.2, 0.25) is 0 Å². The van der Waals surface area contributed by atoms with E-state index in [1.165, 1.54) is 7.11 Å². The van der Waals surface area contributed by atoms with E-state index in [0.717, 1.165) is 11.3 Å². The summed E-state index contributed by atoms with van der Waals surface area (Å²) < 4.78 is 16.2. The molecule has 0 saturated carbocycles. The number of methoxy groups -OCH3 is 1. The third-order valence-corrected chi connectivity index (χ3v) is 4.83. The molecule has 162 valence electrons. The first-order chi connectivity index (χ1) is 15.6. The highest BCUT2D eigenvalue weighted by Crippen LogP contribution is 2.26. The summed E-state index contributed by atoms with van der Waals surface area (Å²) in [6.45, 7) is 0. The summed E-state index contributed by atoms with van der Waals surface area (Å²) in [7, 11) is 1.30. The maximum absolute atomic E-state index is 11.7. The zero-order valence-corrected chi connectivity index (χ0v) is 17.5. The van der Waals surface area contributed by atoms with Gasteiger partial charge in [0.15, 0.2) is 11.7 Å². The molecule has 0 aliphatic rings. The van der Waals surface area contributed by atoms with Gasteiger partial charge in [0.25, 0.3) is 0 Å². The number of aliphatic hydroxyl groups excluding tert-OH is 1. The number of aryl methyl sites for hydroxylation is 1. The second-order valence-electron chi connectivity index (χ2n) is 7.06. The Hall–Kier alpha value is -3.97. The van der Waals surface area contributed by atoms with Crippen LogP contribution in [0.4, 0.5) is 0 Å². The minimum Gasteiger partial charge on any atom is -0.464 e. The Labute approximate surface area is 185 Å². The molecule has 7 heteroatoms. The monoisotopic (exact) mass is 430 g/mol. The van der Waals surface area contributed by atoms with Crippen LogP contribution in [-0.4, -0.2) is 28.2 Å². The minimum absolute atomic E-state index is 0.193. The molecular weight excluding hydrogens is 408 g/mol. The normalized spacial score (nSPS) is 11.7. The van der Waals surface area contributed by atoms with Gasteiger partial charge in [0.1, 0.15) is 22.9 Å². The van der Waals surface area contributed by atoms with Crippen molar-refractivity contribution in [3.63, 3.8) is 0 Å². The van der Waals surface area contributed by atoms with Crippen LogP contribution >= 0.6 is 0 Å². The largest absolute Gasteiger partial charge is 0.464 e. The maximum atomic E-state index is 11.7. The summed E-state index contributed by atoms with van der Waals surface area (Å²) in [6, 6.07) is 21.8. The van der Waals surface area contributed by atoms with E-state index in [2.05, 4.69) is 9.97 Å². The van der Waals surface area contributed by atoms with Gasteiger partial charge >= 0.3 is 5.97 Å². The van der Waals surface area contributed by atoms with Crippen molar-refractivity contribution in [3.8, 4) is 23.0 Å². The van der Waals surface area contributed by atoms with Crippen LogP contribution < -0.4 is 4.74 Å². The Morgan fingerprint density at radius 2 is 1.75 bits per heavy atom. The number of rotatable bonds is 8. The molecule has 0 spiro atoms. The number of aromatic nitrogens is 2. The van der Waals surface area contributed by atoms with Crippen LogP contribution in [0.5, 0.6) is 11.5 Å². The SMILES string of the molecule is COC(=O)c1cccc(-c2cnc(CCC(O)c3ccc(Oc4ccccc4)cc3)o2)n1. The Morgan fingerprint density at radius 1 is 1.00 bits per heavy atom. The molecule has 0 amide bonds. The lowest BCUT2D eigenvalue weighted by Crippen LogP contribution is -2.04. The van der Waals surface area contributed by atoms with Crippen molar-refractivity contribution in [2.45, 2.75) is 18.9 Å². The van der Waals surface area contributed by atoms with E-state index in [1.54, 1.807) is 24.4 Å². The number of aliphatic hydroxyl groups is 1. The molecular formula is C25H22N2O5. The number of hydrogen-bond acceptors (Lipinski definition) is 7. The van der Waals surface area contributed by atoms with Crippen molar-refractivity contribution in [1.82, 2.24) is 9.97 Å². The van der Waals surface area contributed by atoms with E-state index in [9.17, 15) is 9.90 Å². The highest BCUT2D eigenvalue weighted by molar-refractivity contribution is 5.87. The predicted molar refractivity (Wildman–Crippen MR) is 117 cm³/mol. The molecule has 2 heterocycles. The molecule has 1 N–H and O–H groups in total. The van der Waals surface area contributed by atoms with Crippen LogP contribution in [0.15, 0.2) is 83.4 Å². The van der Waals surface area contributed by atoms with Crippen molar-refractivity contribution < 1.29 is 23.8 Å². The van der Waals surface area contributed by atoms with Crippen LogP contribution in [0.25, 0.3) is 11.5 Å². The molecule has 0 radical (unpaired) electrons. The summed E-state index contributed by atoms with van der Waals surface area (Å²) in [4.78, 5) is 20.2. The molecule has 4 aromatic rings. The summed E-state index contributed by atoms with van der Waals surface area (Å²) in [6.07, 6.45) is 1.77. The van der Waals surface area contributed by atoms with Gasteiger partial charge in [-0.2, -0.15) is 0 Å². The Balaban J connectivity index is 1.35. The predicted octanol–water partition coefficient (Wildman–Crippen LogP) is 4.98. The molecule has 2 aromatic heterocycles. The number of oxazole rings is 1. The zero-order valence-electron chi connectivity index (χ0n) is 17.5. The number of carbonyl (C=O) groups is 1. The summed E-state index contributed by atoms with van der Waals surface area (Å²) in [5, 5.41) is 10.5. The van der Waals surface area contributed by atoms with Gasteiger partial charge in [-0.05, 0) is 48.4 Å². The van der Waals surface area contributed by atoms with Crippen molar-refractivity contribution in [2.24, 2.45) is 0 Å². The van der Waals surface area contributed by atoms with Crippen LogP contribution in [0.1, 0.15) is 34.5 Å². The Bertz CT molecular complexity index is 1170. The molecule has 0 bridgehead atoms. The molecule has 7 nitrogen and oxygen atoms in total.